The zero-order chi connectivity index (χ0) is 32.6. The normalized spacial score (nSPS) is 11.8. The Morgan fingerprint density at radius 2 is 0.804 bits per heavy atom. The molecule has 0 amide bonds. The molecule has 0 spiro atoms. The second-order valence-corrected chi connectivity index (χ2v) is 13.7. The van der Waals surface area contributed by atoms with Crippen molar-refractivity contribution in [3.05, 3.63) is 0 Å². The van der Waals surface area contributed by atoms with Crippen LogP contribution < -0.4 is 68.9 Å². The second kappa shape index (κ2) is 38.8. The molecule has 0 heterocycles. The molecule has 8 nitrogen and oxygen atoms in total. The Hall–Kier alpha value is 1.05. The molecule has 0 aliphatic rings. The summed E-state index contributed by atoms with van der Waals surface area (Å²) in [4.78, 5) is 46.3. The molecule has 262 valence electrons. The molecule has 1 unspecified atom stereocenters. The van der Waals surface area contributed by atoms with Crippen molar-refractivity contribution in [1.29, 1.82) is 0 Å². The summed E-state index contributed by atoms with van der Waals surface area (Å²) in [6, 6.07) is 0. The number of esters is 2. The standard InChI is InChI=1S/C35H69O8P.2Na/c1-3-5-7-9-11-13-15-17-19-21-23-25-27-29-34(36)41-31-33(32-42-44(38,39)40)43-35(37)30-28-26-24-22-20-18-16-14-12-10-8-6-4-2;;/h33H,3-32H2,1-2H3,(H2,38,39,40);;/q;2*+1/p-2. The van der Waals surface area contributed by atoms with E-state index in [1.807, 2.05) is 0 Å². The maximum Gasteiger partial charge on any atom is 1.00 e. The van der Waals surface area contributed by atoms with Crippen molar-refractivity contribution in [2.75, 3.05) is 13.2 Å². The topological polar surface area (TPSA) is 125 Å². The molecule has 0 aromatic heterocycles. The Bertz CT molecular complexity index is 708. The molecule has 1 atom stereocenters. The van der Waals surface area contributed by atoms with Crippen LogP contribution in [0.2, 0.25) is 0 Å². The van der Waals surface area contributed by atoms with Crippen LogP contribution in [0.5, 0.6) is 0 Å². The van der Waals surface area contributed by atoms with Gasteiger partial charge in [0.15, 0.2) is 6.10 Å². The summed E-state index contributed by atoms with van der Waals surface area (Å²) in [5.41, 5.74) is 0. The number of hydrogen-bond acceptors (Lipinski definition) is 8. The van der Waals surface area contributed by atoms with Crippen molar-refractivity contribution in [1.82, 2.24) is 0 Å². The Balaban J connectivity index is -0.00000924. The Morgan fingerprint density at radius 3 is 1.13 bits per heavy atom. The van der Waals surface area contributed by atoms with E-state index in [-0.39, 0.29) is 78.6 Å². The van der Waals surface area contributed by atoms with E-state index in [9.17, 15) is 23.9 Å². The molecule has 0 saturated carbocycles. The van der Waals surface area contributed by atoms with Crippen LogP contribution >= 0.6 is 7.82 Å². The summed E-state index contributed by atoms with van der Waals surface area (Å²) in [7, 11) is -5.24. The number of rotatable bonds is 34. The maximum atomic E-state index is 12.3. The van der Waals surface area contributed by atoms with Crippen molar-refractivity contribution >= 4 is 19.8 Å². The van der Waals surface area contributed by atoms with Gasteiger partial charge in [-0.2, -0.15) is 0 Å². The van der Waals surface area contributed by atoms with E-state index in [4.69, 9.17) is 9.47 Å². The van der Waals surface area contributed by atoms with E-state index >= 15 is 0 Å². The molecule has 0 aliphatic carbocycles. The van der Waals surface area contributed by atoms with E-state index in [0.717, 1.165) is 32.1 Å². The fourth-order valence-electron chi connectivity index (χ4n) is 5.37. The number of carbonyl (C=O) groups is 2. The first-order chi connectivity index (χ1) is 21.3. The molecule has 46 heavy (non-hydrogen) atoms. The van der Waals surface area contributed by atoms with Gasteiger partial charge in [0.05, 0.1) is 14.4 Å². The number of phosphoric ester groups is 1. The molecule has 0 fully saturated rings. The fraction of sp³-hybridized carbons (Fsp3) is 0.943. The SMILES string of the molecule is CCCCCCCCCCCCCCCC(=O)OCC(COP(=O)([O-])[O-])OC(=O)CCCCCCCCCCCCCCC.[Na+].[Na+]. The van der Waals surface area contributed by atoms with Gasteiger partial charge < -0.3 is 28.3 Å². The molecule has 0 rings (SSSR count). The third-order valence-corrected chi connectivity index (χ3v) is 8.58. The summed E-state index contributed by atoms with van der Waals surface area (Å²) in [5, 5.41) is 0. The average molecular weight is 693 g/mol. The van der Waals surface area contributed by atoms with Crippen molar-refractivity contribution in [3.63, 3.8) is 0 Å². The van der Waals surface area contributed by atoms with Crippen LogP contribution in [0.15, 0.2) is 0 Å². The van der Waals surface area contributed by atoms with Crippen molar-refractivity contribution in [2.45, 2.75) is 200 Å². The van der Waals surface area contributed by atoms with Crippen LogP contribution in [0.25, 0.3) is 0 Å². The Morgan fingerprint density at radius 1 is 0.500 bits per heavy atom. The Kier molecular flexibility index (Phi) is 43.4. The molecule has 0 bridgehead atoms. The predicted molar refractivity (Wildman–Crippen MR) is 175 cm³/mol. The van der Waals surface area contributed by atoms with E-state index in [2.05, 4.69) is 18.4 Å². The summed E-state index contributed by atoms with van der Waals surface area (Å²) in [6.07, 6.45) is 30.6. The average Bonchev–Trinajstić information content (AvgIpc) is 2.98. The fourth-order valence-corrected chi connectivity index (χ4v) is 5.72. The van der Waals surface area contributed by atoms with Crippen molar-refractivity contribution in [3.8, 4) is 0 Å². The van der Waals surface area contributed by atoms with Crippen molar-refractivity contribution in [2.24, 2.45) is 0 Å². The van der Waals surface area contributed by atoms with E-state index in [0.29, 0.717) is 12.8 Å². The van der Waals surface area contributed by atoms with Crippen molar-refractivity contribution < 1.29 is 97.1 Å². The number of hydrogen-bond donors (Lipinski definition) is 0. The van der Waals surface area contributed by atoms with Crippen LogP contribution in [0.3, 0.4) is 0 Å². The van der Waals surface area contributed by atoms with E-state index in [1.165, 1.54) is 122 Å². The van der Waals surface area contributed by atoms with Gasteiger partial charge in [0.25, 0.3) is 0 Å². The first-order valence-corrected chi connectivity index (χ1v) is 19.8. The summed E-state index contributed by atoms with van der Waals surface area (Å²) in [6.45, 7) is 3.49. The molecular weight excluding hydrogens is 625 g/mol. The smallest absolute Gasteiger partial charge is 0.790 e. The van der Waals surface area contributed by atoms with Crippen LogP contribution in [0.1, 0.15) is 194 Å². The number of unbranched alkanes of at least 4 members (excludes halogenated alkanes) is 24. The Labute approximate surface area is 327 Å². The largest absolute Gasteiger partial charge is 1.00 e. The summed E-state index contributed by atoms with van der Waals surface area (Å²) in [5.74, 6) is -0.945. The molecule has 11 heteroatoms. The van der Waals surface area contributed by atoms with E-state index < -0.39 is 32.5 Å². The van der Waals surface area contributed by atoms with Gasteiger partial charge in [0.2, 0.25) is 0 Å². The third kappa shape index (κ3) is 41.2. The maximum absolute atomic E-state index is 12.3. The summed E-state index contributed by atoms with van der Waals surface area (Å²) >= 11 is 0. The zero-order valence-electron chi connectivity index (χ0n) is 30.5. The first-order valence-electron chi connectivity index (χ1n) is 18.3. The molecule has 0 aliphatic heterocycles. The molecule has 0 aromatic rings. The molecule has 0 radical (unpaired) electrons. The number of carbonyl (C=O) groups excluding carboxylic acids is 2. The van der Waals surface area contributed by atoms with Crippen LogP contribution in [-0.2, 0) is 28.2 Å². The monoisotopic (exact) mass is 692 g/mol. The second-order valence-electron chi connectivity index (χ2n) is 12.5. The van der Waals surface area contributed by atoms with Gasteiger partial charge in [-0.05, 0) is 12.8 Å². The van der Waals surface area contributed by atoms with Gasteiger partial charge >= 0.3 is 71.1 Å². The van der Waals surface area contributed by atoms with E-state index in [1.54, 1.807) is 0 Å². The van der Waals surface area contributed by atoms with Gasteiger partial charge in [0.1, 0.15) is 6.61 Å². The number of ether oxygens (including phenoxy) is 2. The van der Waals surface area contributed by atoms with Gasteiger partial charge in [-0.3, -0.25) is 9.59 Å². The first kappa shape index (κ1) is 51.4. The summed E-state index contributed by atoms with van der Waals surface area (Å²) < 4.78 is 25.7. The van der Waals surface area contributed by atoms with Gasteiger partial charge in [-0.15, -0.1) is 0 Å². The quantitative estimate of drug-likeness (QED) is 0.0436. The van der Waals surface area contributed by atoms with Gasteiger partial charge in [-0.25, -0.2) is 0 Å². The zero-order valence-corrected chi connectivity index (χ0v) is 35.4. The van der Waals surface area contributed by atoms with Crippen LogP contribution in [-0.4, -0.2) is 31.3 Å². The number of phosphoric acid groups is 1. The molecular formula is C35H67Na2O8P. The molecule has 0 N–H and O–H groups in total. The van der Waals surface area contributed by atoms with Crippen LogP contribution in [0.4, 0.5) is 0 Å². The minimum absolute atomic E-state index is 0. The molecule has 0 aromatic carbocycles. The van der Waals surface area contributed by atoms with Gasteiger partial charge in [0, 0.05) is 12.8 Å². The third-order valence-electron chi connectivity index (χ3n) is 8.12. The minimum atomic E-state index is -5.24. The van der Waals surface area contributed by atoms with Gasteiger partial charge in [-0.1, -0.05) is 168 Å². The minimum Gasteiger partial charge on any atom is -0.790 e. The molecule has 0 saturated heterocycles. The van der Waals surface area contributed by atoms with Crippen LogP contribution in [0, 0.1) is 0 Å². The predicted octanol–water partition coefficient (Wildman–Crippen LogP) is 3.26.